The molecule has 6 rings (SSSR count). The fourth-order valence-corrected chi connectivity index (χ4v) is 4.68. The van der Waals surface area contributed by atoms with E-state index < -0.39 is 5.97 Å². The lowest BCUT2D eigenvalue weighted by atomic mass is 10.0. The standard InChI is InChI=1S/C29H21BrN4O2/c1-2-36-29(35)28-25-13-9-21(33-25)15-19-7-11-23(31-19)27(17-3-5-18(30)6-4-17)24-12-8-20(32-24)16-22-10-14-26(28)34-22/h3-16,31,34H,2H2,1H3. The molecular formula is C29H21BrN4O2. The second kappa shape index (κ2) is 9.09. The maximum Gasteiger partial charge on any atom is 0.342 e. The maximum absolute atomic E-state index is 12.9. The molecule has 4 aromatic rings. The highest BCUT2D eigenvalue weighted by atomic mass is 79.9. The van der Waals surface area contributed by atoms with E-state index in [0.29, 0.717) is 16.8 Å². The van der Waals surface area contributed by atoms with E-state index in [9.17, 15) is 4.79 Å². The van der Waals surface area contributed by atoms with Crippen molar-refractivity contribution in [1.82, 2.24) is 19.9 Å². The number of carbonyl (C=O) groups is 1. The van der Waals surface area contributed by atoms with Crippen LogP contribution in [0.1, 0.15) is 40.1 Å². The number of nitrogens with one attached hydrogen (secondary N) is 2. The number of rotatable bonds is 3. The van der Waals surface area contributed by atoms with Gasteiger partial charge in [0.25, 0.3) is 0 Å². The number of aromatic amines is 2. The quantitative estimate of drug-likeness (QED) is 0.233. The predicted molar refractivity (Wildman–Crippen MR) is 148 cm³/mol. The van der Waals surface area contributed by atoms with Crippen molar-refractivity contribution in [1.29, 1.82) is 0 Å². The summed E-state index contributed by atoms with van der Waals surface area (Å²) in [4.78, 5) is 29.4. The van der Waals surface area contributed by atoms with Gasteiger partial charge in [-0.2, -0.15) is 0 Å². The number of ether oxygens (including phenoxy) is 1. The molecule has 36 heavy (non-hydrogen) atoms. The molecule has 176 valence electrons. The second-order valence-electron chi connectivity index (χ2n) is 8.43. The van der Waals surface area contributed by atoms with E-state index in [1.165, 1.54) is 0 Å². The van der Waals surface area contributed by atoms with E-state index in [1.54, 1.807) is 6.92 Å². The summed E-state index contributed by atoms with van der Waals surface area (Å²) in [5.41, 5.74) is 8.76. The molecule has 0 radical (unpaired) electrons. The third-order valence-corrected chi connectivity index (χ3v) is 6.54. The number of carbonyl (C=O) groups excluding carboxylic acids is 1. The number of fused-ring (bicyclic) bond motifs is 8. The smallest absolute Gasteiger partial charge is 0.342 e. The number of halogens is 1. The molecule has 2 aliphatic rings. The van der Waals surface area contributed by atoms with Gasteiger partial charge in [-0.1, -0.05) is 28.1 Å². The molecule has 1 aromatic carbocycles. The van der Waals surface area contributed by atoms with Crippen LogP contribution in [0.2, 0.25) is 0 Å². The molecular weight excluding hydrogens is 516 g/mol. The van der Waals surface area contributed by atoms with Crippen molar-refractivity contribution < 1.29 is 9.53 Å². The van der Waals surface area contributed by atoms with Crippen LogP contribution in [0.4, 0.5) is 0 Å². The fraction of sp³-hybridized carbons (Fsp3) is 0.0690. The number of benzene rings is 1. The summed E-state index contributed by atoms with van der Waals surface area (Å²) in [5.74, 6) is -0.415. The molecule has 2 N–H and O–H groups in total. The van der Waals surface area contributed by atoms with Gasteiger partial charge in [-0.3, -0.25) is 0 Å². The minimum atomic E-state index is -0.415. The van der Waals surface area contributed by atoms with E-state index in [2.05, 4.69) is 44.1 Å². The van der Waals surface area contributed by atoms with Crippen LogP contribution in [0.25, 0.3) is 57.5 Å². The normalized spacial score (nSPS) is 12.2. The lowest BCUT2D eigenvalue weighted by Gasteiger charge is -2.04. The van der Waals surface area contributed by atoms with Crippen LogP contribution in [0.3, 0.4) is 0 Å². The highest BCUT2D eigenvalue weighted by Gasteiger charge is 2.17. The first kappa shape index (κ1) is 22.2. The Morgan fingerprint density at radius 2 is 1.42 bits per heavy atom. The molecule has 0 unspecified atom stereocenters. The van der Waals surface area contributed by atoms with Crippen LogP contribution < -0.4 is 0 Å². The number of H-pyrrole nitrogens is 2. The van der Waals surface area contributed by atoms with E-state index in [0.717, 1.165) is 49.2 Å². The lowest BCUT2D eigenvalue weighted by Crippen LogP contribution is -2.07. The zero-order chi connectivity index (χ0) is 24.6. The Labute approximate surface area is 215 Å². The predicted octanol–water partition coefficient (Wildman–Crippen LogP) is 7.26. The molecule has 0 saturated carbocycles. The number of hydrogen-bond donors (Lipinski definition) is 2. The first-order valence-corrected chi connectivity index (χ1v) is 12.4. The monoisotopic (exact) mass is 536 g/mol. The van der Waals surface area contributed by atoms with Gasteiger partial charge in [0.1, 0.15) is 5.56 Å². The van der Waals surface area contributed by atoms with Crippen LogP contribution in [0.15, 0.2) is 65.1 Å². The Morgan fingerprint density at radius 1 is 0.806 bits per heavy atom. The van der Waals surface area contributed by atoms with Gasteiger partial charge in [0.2, 0.25) is 0 Å². The molecule has 0 amide bonds. The SMILES string of the molecule is CCOC(=O)c1c2nc(cc3ccc([nH]3)c(-c3ccc(Br)cc3)c3nc(cc4ccc1[nH]4)C=C3)C=C2. The molecule has 8 bridgehead atoms. The Balaban J connectivity index is 1.69. The minimum absolute atomic E-state index is 0.282. The summed E-state index contributed by atoms with van der Waals surface area (Å²) < 4.78 is 6.37. The van der Waals surface area contributed by atoms with Gasteiger partial charge in [-0.05, 0) is 85.3 Å². The molecule has 0 spiro atoms. The molecule has 7 heteroatoms. The van der Waals surface area contributed by atoms with Gasteiger partial charge < -0.3 is 14.7 Å². The highest BCUT2D eigenvalue weighted by Crippen LogP contribution is 2.31. The van der Waals surface area contributed by atoms with Crippen molar-refractivity contribution in [3.63, 3.8) is 0 Å². The van der Waals surface area contributed by atoms with Crippen molar-refractivity contribution in [3.8, 4) is 11.1 Å². The molecule has 0 saturated heterocycles. The average Bonchev–Trinajstić information content (AvgIpc) is 3.66. The van der Waals surface area contributed by atoms with Crippen molar-refractivity contribution in [2.24, 2.45) is 0 Å². The largest absolute Gasteiger partial charge is 0.462 e. The molecule has 0 atom stereocenters. The van der Waals surface area contributed by atoms with Crippen LogP contribution in [-0.4, -0.2) is 32.5 Å². The second-order valence-corrected chi connectivity index (χ2v) is 9.35. The first-order chi connectivity index (χ1) is 17.6. The summed E-state index contributed by atoms with van der Waals surface area (Å²) in [6.45, 7) is 2.07. The van der Waals surface area contributed by atoms with E-state index in [-0.39, 0.29) is 6.61 Å². The third kappa shape index (κ3) is 4.18. The van der Waals surface area contributed by atoms with Gasteiger partial charge in [0.15, 0.2) is 0 Å². The Morgan fingerprint density at radius 3 is 2.11 bits per heavy atom. The van der Waals surface area contributed by atoms with Gasteiger partial charge in [-0.15, -0.1) is 0 Å². The highest BCUT2D eigenvalue weighted by molar-refractivity contribution is 9.10. The van der Waals surface area contributed by atoms with E-state index >= 15 is 0 Å². The molecule has 6 nitrogen and oxygen atoms in total. The van der Waals surface area contributed by atoms with Crippen LogP contribution in [0, 0.1) is 0 Å². The topological polar surface area (TPSA) is 83.7 Å². The third-order valence-electron chi connectivity index (χ3n) is 6.01. The summed E-state index contributed by atoms with van der Waals surface area (Å²) >= 11 is 3.53. The first-order valence-electron chi connectivity index (χ1n) is 11.6. The maximum atomic E-state index is 12.9. The van der Waals surface area contributed by atoms with Crippen LogP contribution in [-0.2, 0) is 4.74 Å². The molecule has 3 aromatic heterocycles. The summed E-state index contributed by atoms with van der Waals surface area (Å²) in [7, 11) is 0. The zero-order valence-electron chi connectivity index (χ0n) is 19.4. The van der Waals surface area contributed by atoms with Gasteiger partial charge in [0, 0.05) is 26.6 Å². The summed E-state index contributed by atoms with van der Waals surface area (Å²) in [5, 5.41) is 0. The summed E-state index contributed by atoms with van der Waals surface area (Å²) in [6.07, 6.45) is 7.75. The fourth-order valence-electron chi connectivity index (χ4n) is 4.41. The molecule has 5 heterocycles. The van der Waals surface area contributed by atoms with E-state index in [4.69, 9.17) is 14.7 Å². The van der Waals surface area contributed by atoms with Crippen LogP contribution in [0.5, 0.6) is 0 Å². The number of aromatic nitrogens is 4. The molecule has 2 aliphatic heterocycles. The van der Waals surface area contributed by atoms with Crippen LogP contribution >= 0.6 is 15.9 Å². The number of hydrogen-bond acceptors (Lipinski definition) is 4. The Bertz CT molecular complexity index is 1730. The Kier molecular flexibility index (Phi) is 5.62. The lowest BCUT2D eigenvalue weighted by molar-refractivity contribution is 0.0528. The van der Waals surface area contributed by atoms with Gasteiger partial charge >= 0.3 is 5.97 Å². The average molecular weight is 537 g/mol. The molecule has 0 fully saturated rings. The van der Waals surface area contributed by atoms with Crippen molar-refractivity contribution in [2.75, 3.05) is 6.61 Å². The zero-order valence-corrected chi connectivity index (χ0v) is 21.0. The van der Waals surface area contributed by atoms with Crippen molar-refractivity contribution in [3.05, 3.63) is 93.5 Å². The van der Waals surface area contributed by atoms with Gasteiger partial charge in [-0.25, -0.2) is 14.8 Å². The number of nitrogens with zero attached hydrogens (tertiary/aromatic N) is 2. The Hall–Kier alpha value is -4.23. The van der Waals surface area contributed by atoms with Crippen molar-refractivity contribution in [2.45, 2.75) is 6.92 Å². The van der Waals surface area contributed by atoms with E-state index in [1.807, 2.05) is 66.8 Å². The number of esters is 1. The van der Waals surface area contributed by atoms with Gasteiger partial charge in [0.05, 0.1) is 34.9 Å². The van der Waals surface area contributed by atoms with Crippen molar-refractivity contribution >= 4 is 68.3 Å². The summed E-state index contributed by atoms with van der Waals surface area (Å²) in [6, 6.07) is 20.0. The minimum Gasteiger partial charge on any atom is -0.462 e. The molecule has 0 aliphatic carbocycles.